The molecule has 2 N–H and O–H groups in total. The Hall–Kier alpha value is -0.680. The fraction of sp³-hybridized carbons (Fsp3) is 0.875. The fourth-order valence-corrected chi connectivity index (χ4v) is 3.87. The van der Waals surface area contributed by atoms with Gasteiger partial charge in [-0.3, -0.25) is 4.79 Å². The van der Waals surface area contributed by atoms with E-state index < -0.39 is 5.41 Å². The van der Waals surface area contributed by atoms with Gasteiger partial charge in [0.2, 0.25) is 5.91 Å². The zero-order chi connectivity index (χ0) is 15.5. The smallest absolute Gasteiger partial charge is 0.235 e. The molecule has 2 rings (SSSR count). The van der Waals surface area contributed by atoms with E-state index in [2.05, 4.69) is 13.8 Å². The van der Waals surface area contributed by atoms with Crippen LogP contribution in [-0.4, -0.2) is 42.1 Å². The number of hydrogen-bond acceptors (Lipinski definition) is 3. The molecule has 4 nitrogen and oxygen atoms in total. The molecule has 2 fully saturated rings. The van der Waals surface area contributed by atoms with E-state index in [1.165, 1.54) is 6.42 Å². The largest absolute Gasteiger partial charge is 0.392 e. The minimum absolute atomic E-state index is 0.141. The number of rotatable bonds is 3. The van der Waals surface area contributed by atoms with E-state index in [0.717, 1.165) is 31.8 Å². The zero-order valence-corrected chi connectivity index (χ0v) is 14.1. The number of nitrogens with zero attached hydrogens (tertiary/aromatic N) is 1. The van der Waals surface area contributed by atoms with Gasteiger partial charge < -0.3 is 15.4 Å². The first-order valence-corrected chi connectivity index (χ1v) is 8.55. The number of nitrogens with two attached hydrogens (primary N) is 1. The highest BCUT2D eigenvalue weighted by molar-refractivity contribution is 7.80. The lowest BCUT2D eigenvalue weighted by Crippen LogP contribution is -2.53. The van der Waals surface area contributed by atoms with Crippen LogP contribution in [-0.2, 0) is 9.53 Å². The minimum atomic E-state index is -0.661. The van der Waals surface area contributed by atoms with E-state index in [-0.39, 0.29) is 5.91 Å². The summed E-state index contributed by atoms with van der Waals surface area (Å²) in [6.45, 7) is 7.38. The molecule has 0 aromatic heterocycles. The third-order valence-electron chi connectivity index (χ3n) is 5.23. The Morgan fingerprint density at radius 2 is 1.95 bits per heavy atom. The zero-order valence-electron chi connectivity index (χ0n) is 13.3. The maximum absolute atomic E-state index is 13.0. The predicted molar refractivity (Wildman–Crippen MR) is 88.0 cm³/mol. The molecule has 2 saturated heterocycles. The van der Waals surface area contributed by atoms with Gasteiger partial charge in [-0.05, 0) is 43.9 Å². The molecule has 2 heterocycles. The number of thiocarbonyl (C=S) groups is 1. The van der Waals surface area contributed by atoms with Crippen LogP contribution in [0.2, 0.25) is 0 Å². The SMILES string of the molecule is CC(C)C1CCCN(C(=O)C2(C(N)=S)CCOCC2)CC1. The van der Waals surface area contributed by atoms with E-state index in [4.69, 9.17) is 22.7 Å². The quantitative estimate of drug-likeness (QED) is 0.813. The number of ether oxygens (including phenoxy) is 1. The lowest BCUT2D eigenvalue weighted by atomic mass is 9.78. The van der Waals surface area contributed by atoms with Gasteiger partial charge in [-0.2, -0.15) is 0 Å². The van der Waals surface area contributed by atoms with Gasteiger partial charge in [-0.15, -0.1) is 0 Å². The van der Waals surface area contributed by atoms with Crippen molar-refractivity contribution in [3.63, 3.8) is 0 Å². The number of carbonyl (C=O) groups excluding carboxylic acids is 1. The van der Waals surface area contributed by atoms with E-state index >= 15 is 0 Å². The lowest BCUT2D eigenvalue weighted by Gasteiger charge is -2.38. The molecule has 1 unspecified atom stereocenters. The summed E-state index contributed by atoms with van der Waals surface area (Å²) < 4.78 is 5.40. The first kappa shape index (κ1) is 16.7. The molecule has 2 aliphatic rings. The molecular formula is C16H28N2O2S. The molecule has 0 aromatic rings. The van der Waals surface area contributed by atoms with Crippen LogP contribution < -0.4 is 5.73 Å². The third-order valence-corrected chi connectivity index (χ3v) is 5.62. The van der Waals surface area contributed by atoms with Gasteiger partial charge in [-0.1, -0.05) is 26.1 Å². The summed E-state index contributed by atoms with van der Waals surface area (Å²) in [6, 6.07) is 0. The first-order chi connectivity index (χ1) is 9.97. The van der Waals surface area contributed by atoms with Crippen molar-refractivity contribution in [1.29, 1.82) is 0 Å². The van der Waals surface area contributed by atoms with Gasteiger partial charge >= 0.3 is 0 Å². The van der Waals surface area contributed by atoms with Crippen LogP contribution in [0.4, 0.5) is 0 Å². The normalized spacial score (nSPS) is 26.4. The summed E-state index contributed by atoms with van der Waals surface area (Å²) in [6.07, 6.45) is 4.65. The molecule has 2 aliphatic heterocycles. The molecule has 0 aliphatic carbocycles. The summed E-state index contributed by atoms with van der Waals surface area (Å²) in [5, 5.41) is 0. The molecule has 0 spiro atoms. The average Bonchev–Trinajstić information content (AvgIpc) is 2.73. The van der Waals surface area contributed by atoms with Crippen LogP contribution in [0.5, 0.6) is 0 Å². The Morgan fingerprint density at radius 1 is 1.29 bits per heavy atom. The highest BCUT2D eigenvalue weighted by Crippen LogP contribution is 2.35. The van der Waals surface area contributed by atoms with E-state index in [0.29, 0.717) is 37.0 Å². The van der Waals surface area contributed by atoms with Gasteiger partial charge in [0.1, 0.15) is 5.41 Å². The summed E-state index contributed by atoms with van der Waals surface area (Å²) in [4.78, 5) is 15.4. The van der Waals surface area contributed by atoms with Gasteiger partial charge in [0, 0.05) is 26.3 Å². The Labute approximate surface area is 133 Å². The molecule has 0 saturated carbocycles. The Balaban J connectivity index is 2.08. The molecule has 5 heteroatoms. The maximum Gasteiger partial charge on any atom is 0.235 e. The first-order valence-electron chi connectivity index (χ1n) is 8.14. The van der Waals surface area contributed by atoms with E-state index in [1.54, 1.807) is 0 Å². The second kappa shape index (κ2) is 7.05. The summed E-state index contributed by atoms with van der Waals surface area (Å²) in [7, 11) is 0. The van der Waals surface area contributed by atoms with Crippen LogP contribution in [0.3, 0.4) is 0 Å². The molecule has 120 valence electrons. The molecule has 21 heavy (non-hydrogen) atoms. The maximum atomic E-state index is 13.0. The number of amides is 1. The van der Waals surface area contributed by atoms with Crippen LogP contribution in [0, 0.1) is 17.3 Å². The second-order valence-electron chi connectivity index (χ2n) is 6.79. The van der Waals surface area contributed by atoms with Crippen molar-refractivity contribution in [2.24, 2.45) is 23.0 Å². The van der Waals surface area contributed by atoms with Crippen molar-refractivity contribution in [2.45, 2.75) is 46.0 Å². The minimum Gasteiger partial charge on any atom is -0.392 e. The molecule has 0 aromatic carbocycles. The molecule has 0 bridgehead atoms. The lowest BCUT2D eigenvalue weighted by molar-refractivity contribution is -0.142. The van der Waals surface area contributed by atoms with Crippen molar-refractivity contribution < 1.29 is 9.53 Å². The van der Waals surface area contributed by atoms with E-state index in [1.807, 2.05) is 4.90 Å². The van der Waals surface area contributed by atoms with E-state index in [9.17, 15) is 4.79 Å². The van der Waals surface area contributed by atoms with Gasteiger partial charge in [0.15, 0.2) is 0 Å². The Morgan fingerprint density at radius 3 is 2.52 bits per heavy atom. The van der Waals surface area contributed by atoms with Crippen LogP contribution in [0.25, 0.3) is 0 Å². The molecular weight excluding hydrogens is 284 g/mol. The van der Waals surface area contributed by atoms with Gasteiger partial charge in [0.25, 0.3) is 0 Å². The molecule has 0 radical (unpaired) electrons. The standard InChI is InChI=1S/C16H28N2O2S/c1-12(2)13-4-3-8-18(9-5-13)15(19)16(14(17)21)6-10-20-11-7-16/h12-13H,3-11H2,1-2H3,(H2,17,21). The van der Waals surface area contributed by atoms with Crippen LogP contribution in [0.1, 0.15) is 46.0 Å². The predicted octanol–water partition coefficient (Wildman–Crippen LogP) is 2.35. The number of likely N-dealkylation sites (tertiary alicyclic amines) is 1. The number of carbonyl (C=O) groups is 1. The summed E-state index contributed by atoms with van der Waals surface area (Å²) >= 11 is 5.25. The average molecular weight is 312 g/mol. The Kier molecular flexibility index (Phi) is 5.60. The van der Waals surface area contributed by atoms with Crippen molar-refractivity contribution in [3.8, 4) is 0 Å². The van der Waals surface area contributed by atoms with Crippen molar-refractivity contribution >= 4 is 23.1 Å². The van der Waals surface area contributed by atoms with Crippen LogP contribution >= 0.6 is 12.2 Å². The number of hydrogen-bond donors (Lipinski definition) is 1. The van der Waals surface area contributed by atoms with Crippen molar-refractivity contribution in [2.75, 3.05) is 26.3 Å². The highest BCUT2D eigenvalue weighted by Gasteiger charge is 2.45. The molecule has 1 amide bonds. The monoisotopic (exact) mass is 312 g/mol. The fourth-order valence-electron chi connectivity index (χ4n) is 3.58. The second-order valence-corrected chi connectivity index (χ2v) is 7.23. The molecule has 1 atom stereocenters. The van der Waals surface area contributed by atoms with Crippen molar-refractivity contribution in [3.05, 3.63) is 0 Å². The van der Waals surface area contributed by atoms with Crippen molar-refractivity contribution in [1.82, 2.24) is 4.90 Å². The third kappa shape index (κ3) is 3.57. The van der Waals surface area contributed by atoms with Gasteiger partial charge in [0.05, 0.1) is 4.99 Å². The topological polar surface area (TPSA) is 55.6 Å². The van der Waals surface area contributed by atoms with Crippen LogP contribution in [0.15, 0.2) is 0 Å². The van der Waals surface area contributed by atoms with Gasteiger partial charge in [-0.25, -0.2) is 0 Å². The summed E-state index contributed by atoms with van der Waals surface area (Å²) in [5.74, 6) is 1.55. The Bertz CT molecular complexity index is 392. The highest BCUT2D eigenvalue weighted by atomic mass is 32.1. The summed E-state index contributed by atoms with van der Waals surface area (Å²) in [5.41, 5.74) is 5.29.